The maximum atomic E-state index is 13.0. The van der Waals surface area contributed by atoms with Gasteiger partial charge < -0.3 is 10.1 Å². The smallest absolute Gasteiger partial charge is 0.123 e. The molecule has 0 saturated heterocycles. The first-order chi connectivity index (χ1) is 7.13. The number of fused-ring (bicyclic) bond motifs is 1. The van der Waals surface area contributed by atoms with Crippen LogP contribution in [0, 0.1) is 5.82 Å². The Morgan fingerprint density at radius 2 is 2.33 bits per heavy atom. The molecule has 0 amide bonds. The fourth-order valence-corrected chi connectivity index (χ4v) is 2.12. The normalized spacial score (nSPS) is 24.5. The number of benzene rings is 1. The molecule has 0 saturated carbocycles. The molecule has 0 bridgehead atoms. The van der Waals surface area contributed by atoms with E-state index in [-0.39, 0.29) is 11.4 Å². The summed E-state index contributed by atoms with van der Waals surface area (Å²) in [7, 11) is 1.70. The maximum Gasteiger partial charge on any atom is 0.123 e. The van der Waals surface area contributed by atoms with Gasteiger partial charge in [-0.05, 0) is 43.5 Å². The second-order valence-corrected chi connectivity index (χ2v) is 4.42. The van der Waals surface area contributed by atoms with E-state index in [0.29, 0.717) is 6.61 Å². The van der Waals surface area contributed by atoms with Crippen LogP contribution < -0.4 is 5.32 Å². The first kappa shape index (κ1) is 10.4. The number of aryl methyl sites for hydroxylation is 1. The quantitative estimate of drug-likeness (QED) is 0.808. The minimum absolute atomic E-state index is 0.0282. The minimum Gasteiger partial charge on any atom is -0.382 e. The molecule has 0 radical (unpaired) electrons. The fourth-order valence-electron chi connectivity index (χ4n) is 2.12. The molecule has 82 valence electrons. The van der Waals surface area contributed by atoms with Gasteiger partial charge in [0, 0.05) is 12.8 Å². The van der Waals surface area contributed by atoms with Crippen LogP contribution in [0.5, 0.6) is 0 Å². The van der Waals surface area contributed by atoms with Crippen LogP contribution in [0.4, 0.5) is 10.1 Å². The summed E-state index contributed by atoms with van der Waals surface area (Å²) in [6, 6.07) is 4.90. The fraction of sp³-hybridized carbons (Fsp3) is 0.500. The van der Waals surface area contributed by atoms with Crippen molar-refractivity contribution in [3.05, 3.63) is 29.6 Å². The minimum atomic E-state index is -0.161. The Hall–Kier alpha value is -1.09. The number of methoxy groups -OCH3 is 1. The molecule has 1 heterocycles. The lowest BCUT2D eigenvalue weighted by Crippen LogP contribution is -2.42. The second-order valence-electron chi connectivity index (χ2n) is 4.42. The lowest BCUT2D eigenvalue weighted by atomic mass is 9.88. The molecule has 0 aliphatic carbocycles. The zero-order chi connectivity index (χ0) is 10.9. The lowest BCUT2D eigenvalue weighted by Gasteiger charge is -2.36. The van der Waals surface area contributed by atoms with Gasteiger partial charge in [0.15, 0.2) is 0 Å². The third kappa shape index (κ3) is 2.12. The Morgan fingerprint density at radius 1 is 1.53 bits per heavy atom. The van der Waals surface area contributed by atoms with Crippen LogP contribution in [0.3, 0.4) is 0 Å². The van der Waals surface area contributed by atoms with Crippen LogP contribution in [0.1, 0.15) is 18.9 Å². The average molecular weight is 209 g/mol. The van der Waals surface area contributed by atoms with Gasteiger partial charge in [0.25, 0.3) is 0 Å². The van der Waals surface area contributed by atoms with E-state index in [9.17, 15) is 4.39 Å². The van der Waals surface area contributed by atoms with Crippen molar-refractivity contribution in [2.45, 2.75) is 25.3 Å². The van der Waals surface area contributed by atoms with Gasteiger partial charge in [-0.3, -0.25) is 0 Å². The molecule has 1 aliphatic heterocycles. The number of nitrogens with one attached hydrogen (secondary N) is 1. The number of halogens is 1. The molecule has 0 aromatic heterocycles. The van der Waals surface area contributed by atoms with Crippen LogP contribution >= 0.6 is 0 Å². The Bertz CT molecular complexity index is 367. The summed E-state index contributed by atoms with van der Waals surface area (Å²) in [4.78, 5) is 0. The molecule has 2 rings (SSSR count). The van der Waals surface area contributed by atoms with E-state index in [4.69, 9.17) is 4.74 Å². The summed E-state index contributed by atoms with van der Waals surface area (Å²) < 4.78 is 18.2. The van der Waals surface area contributed by atoms with Crippen molar-refractivity contribution < 1.29 is 9.13 Å². The Labute approximate surface area is 89.4 Å². The van der Waals surface area contributed by atoms with Crippen molar-refractivity contribution in [2.24, 2.45) is 0 Å². The highest BCUT2D eigenvalue weighted by Gasteiger charge is 2.28. The van der Waals surface area contributed by atoms with Gasteiger partial charge in [0.1, 0.15) is 5.82 Å². The van der Waals surface area contributed by atoms with Gasteiger partial charge >= 0.3 is 0 Å². The predicted octanol–water partition coefficient (Wildman–Crippen LogP) is 2.59. The van der Waals surface area contributed by atoms with E-state index in [1.54, 1.807) is 19.2 Å². The van der Waals surface area contributed by atoms with Crippen molar-refractivity contribution in [3.63, 3.8) is 0 Å². The summed E-state index contributed by atoms with van der Waals surface area (Å²) in [6.45, 7) is 2.80. The van der Waals surface area contributed by atoms with Gasteiger partial charge in [-0.25, -0.2) is 4.39 Å². The monoisotopic (exact) mass is 209 g/mol. The number of hydrogen-bond acceptors (Lipinski definition) is 2. The Kier molecular flexibility index (Phi) is 2.65. The molecule has 1 aliphatic rings. The summed E-state index contributed by atoms with van der Waals surface area (Å²) in [6.07, 6.45) is 1.87. The molecule has 1 aromatic carbocycles. The molecule has 1 unspecified atom stereocenters. The summed E-state index contributed by atoms with van der Waals surface area (Å²) >= 11 is 0. The largest absolute Gasteiger partial charge is 0.382 e. The molecule has 15 heavy (non-hydrogen) atoms. The van der Waals surface area contributed by atoms with Crippen molar-refractivity contribution in [3.8, 4) is 0 Å². The van der Waals surface area contributed by atoms with Gasteiger partial charge in [-0.1, -0.05) is 0 Å². The standard InChI is InChI=1S/C12H16FNO/c1-12(8-15-2)6-5-9-7-10(13)3-4-11(9)14-12/h3-4,7,14H,5-6,8H2,1-2H3. The number of anilines is 1. The van der Waals surface area contributed by atoms with Crippen LogP contribution in [-0.4, -0.2) is 19.3 Å². The number of rotatable bonds is 2. The van der Waals surface area contributed by atoms with Crippen molar-refractivity contribution in [2.75, 3.05) is 19.0 Å². The van der Waals surface area contributed by atoms with E-state index in [0.717, 1.165) is 24.1 Å². The topological polar surface area (TPSA) is 21.3 Å². The van der Waals surface area contributed by atoms with Crippen LogP contribution in [-0.2, 0) is 11.2 Å². The Morgan fingerprint density at radius 3 is 3.07 bits per heavy atom. The molecule has 0 spiro atoms. The first-order valence-electron chi connectivity index (χ1n) is 5.18. The zero-order valence-electron chi connectivity index (χ0n) is 9.14. The second kappa shape index (κ2) is 3.81. The highest BCUT2D eigenvalue weighted by molar-refractivity contribution is 5.55. The summed E-state index contributed by atoms with van der Waals surface area (Å²) in [5.41, 5.74) is 2.06. The van der Waals surface area contributed by atoms with Gasteiger partial charge in [-0.2, -0.15) is 0 Å². The van der Waals surface area contributed by atoms with Gasteiger partial charge in [0.2, 0.25) is 0 Å². The molecular weight excluding hydrogens is 193 g/mol. The van der Waals surface area contributed by atoms with Crippen LogP contribution in [0.25, 0.3) is 0 Å². The first-order valence-corrected chi connectivity index (χ1v) is 5.18. The molecular formula is C12H16FNO. The molecule has 1 aromatic rings. The third-order valence-electron chi connectivity index (χ3n) is 2.91. The molecule has 1 N–H and O–H groups in total. The van der Waals surface area contributed by atoms with Crippen molar-refractivity contribution in [1.82, 2.24) is 0 Å². The molecule has 1 atom stereocenters. The number of ether oxygens (including phenoxy) is 1. The highest BCUT2D eigenvalue weighted by atomic mass is 19.1. The average Bonchev–Trinajstić information content (AvgIpc) is 2.19. The lowest BCUT2D eigenvalue weighted by molar-refractivity contribution is 0.144. The van der Waals surface area contributed by atoms with Crippen LogP contribution in [0.2, 0.25) is 0 Å². The SMILES string of the molecule is COCC1(C)CCc2cc(F)ccc2N1. The van der Waals surface area contributed by atoms with Gasteiger partial charge in [0.05, 0.1) is 12.1 Å². The van der Waals surface area contributed by atoms with E-state index < -0.39 is 0 Å². The summed E-state index contributed by atoms with van der Waals surface area (Å²) in [5.74, 6) is -0.161. The summed E-state index contributed by atoms with van der Waals surface area (Å²) in [5, 5.41) is 3.41. The van der Waals surface area contributed by atoms with E-state index in [2.05, 4.69) is 12.2 Å². The Balaban J connectivity index is 2.23. The number of hydrogen-bond donors (Lipinski definition) is 1. The van der Waals surface area contributed by atoms with E-state index in [1.165, 1.54) is 6.07 Å². The van der Waals surface area contributed by atoms with Crippen molar-refractivity contribution >= 4 is 5.69 Å². The molecule has 2 nitrogen and oxygen atoms in total. The van der Waals surface area contributed by atoms with E-state index in [1.807, 2.05) is 0 Å². The highest BCUT2D eigenvalue weighted by Crippen LogP contribution is 2.31. The van der Waals surface area contributed by atoms with Crippen molar-refractivity contribution in [1.29, 1.82) is 0 Å². The molecule has 3 heteroatoms. The zero-order valence-corrected chi connectivity index (χ0v) is 9.14. The van der Waals surface area contributed by atoms with Crippen LogP contribution in [0.15, 0.2) is 18.2 Å². The van der Waals surface area contributed by atoms with E-state index >= 15 is 0 Å². The molecule has 0 fully saturated rings. The predicted molar refractivity (Wildman–Crippen MR) is 58.6 cm³/mol. The third-order valence-corrected chi connectivity index (χ3v) is 2.91. The van der Waals surface area contributed by atoms with Gasteiger partial charge in [-0.15, -0.1) is 0 Å². The maximum absolute atomic E-state index is 13.0.